The number of ether oxygens (including phenoxy) is 1. The summed E-state index contributed by atoms with van der Waals surface area (Å²) in [5, 5.41) is 3.02. The maximum atomic E-state index is 12.5. The molecule has 0 bridgehead atoms. The van der Waals surface area contributed by atoms with Crippen molar-refractivity contribution in [3.63, 3.8) is 0 Å². The summed E-state index contributed by atoms with van der Waals surface area (Å²) in [4.78, 5) is 18.8. The molecule has 2 aromatic rings. The Kier molecular flexibility index (Phi) is 4.88. The fourth-order valence-electron chi connectivity index (χ4n) is 2.82. The first-order valence-corrected chi connectivity index (χ1v) is 7.89. The molecule has 23 heavy (non-hydrogen) atoms. The van der Waals surface area contributed by atoms with Gasteiger partial charge in [0.05, 0.1) is 11.8 Å². The zero-order valence-electron chi connectivity index (χ0n) is 13.2. The van der Waals surface area contributed by atoms with Crippen molar-refractivity contribution in [2.75, 3.05) is 20.1 Å². The maximum absolute atomic E-state index is 12.5. The summed E-state index contributed by atoms with van der Waals surface area (Å²) in [6.45, 7) is 1.76. The van der Waals surface area contributed by atoms with E-state index in [0.29, 0.717) is 29.6 Å². The molecule has 120 valence electrons. The standard InChI is InChI=1S/C18H21N3O2/c1-21-11-5-6-14(21)12-20-18(22)16-8-2-3-9-17(16)23-15-7-4-10-19-13-15/h2-4,7-10,13-14H,5-6,11-12H2,1H3,(H,20,22)/t14-/m0/s1. The molecular weight excluding hydrogens is 290 g/mol. The third-order valence-electron chi connectivity index (χ3n) is 4.16. The van der Waals surface area contributed by atoms with Crippen molar-refractivity contribution < 1.29 is 9.53 Å². The molecule has 0 aliphatic carbocycles. The van der Waals surface area contributed by atoms with E-state index in [2.05, 4.69) is 22.2 Å². The minimum Gasteiger partial charge on any atom is -0.455 e. The van der Waals surface area contributed by atoms with Crippen LogP contribution in [0.1, 0.15) is 23.2 Å². The number of benzene rings is 1. The number of nitrogens with one attached hydrogen (secondary N) is 1. The van der Waals surface area contributed by atoms with Crippen molar-refractivity contribution in [3.8, 4) is 11.5 Å². The molecule has 1 N–H and O–H groups in total. The van der Waals surface area contributed by atoms with Gasteiger partial charge in [0.15, 0.2) is 0 Å². The summed E-state index contributed by atoms with van der Waals surface area (Å²) >= 11 is 0. The van der Waals surface area contributed by atoms with E-state index in [-0.39, 0.29) is 5.91 Å². The van der Waals surface area contributed by atoms with Crippen LogP contribution in [0, 0.1) is 0 Å². The van der Waals surface area contributed by atoms with E-state index in [1.54, 1.807) is 30.6 Å². The van der Waals surface area contributed by atoms with Crippen LogP contribution in [0.2, 0.25) is 0 Å². The first-order chi connectivity index (χ1) is 11.2. The van der Waals surface area contributed by atoms with Gasteiger partial charge in [0.1, 0.15) is 11.5 Å². The van der Waals surface area contributed by atoms with Crippen LogP contribution < -0.4 is 10.1 Å². The highest BCUT2D eigenvalue weighted by Crippen LogP contribution is 2.24. The first kappa shape index (κ1) is 15.5. The molecule has 0 spiro atoms. The van der Waals surface area contributed by atoms with Gasteiger partial charge >= 0.3 is 0 Å². The van der Waals surface area contributed by atoms with Crippen LogP contribution in [0.15, 0.2) is 48.8 Å². The van der Waals surface area contributed by atoms with Crippen LogP contribution in [0.25, 0.3) is 0 Å². The van der Waals surface area contributed by atoms with Gasteiger partial charge in [-0.3, -0.25) is 9.78 Å². The van der Waals surface area contributed by atoms with Gasteiger partial charge in [-0.05, 0) is 50.7 Å². The Morgan fingerprint density at radius 1 is 1.35 bits per heavy atom. The molecule has 1 atom stereocenters. The lowest BCUT2D eigenvalue weighted by molar-refractivity contribution is 0.0941. The van der Waals surface area contributed by atoms with Crippen molar-refractivity contribution in [1.29, 1.82) is 0 Å². The van der Waals surface area contributed by atoms with Gasteiger partial charge in [0.25, 0.3) is 5.91 Å². The zero-order chi connectivity index (χ0) is 16.1. The number of likely N-dealkylation sites (N-methyl/N-ethyl adjacent to an activating group) is 1. The van der Waals surface area contributed by atoms with Crippen LogP contribution in [0.3, 0.4) is 0 Å². The Morgan fingerprint density at radius 2 is 2.22 bits per heavy atom. The van der Waals surface area contributed by atoms with Crippen molar-refractivity contribution in [1.82, 2.24) is 15.2 Å². The molecule has 5 heteroatoms. The van der Waals surface area contributed by atoms with Gasteiger partial charge in [-0.25, -0.2) is 0 Å². The molecule has 1 fully saturated rings. The summed E-state index contributed by atoms with van der Waals surface area (Å²) in [5.74, 6) is 1.05. The third kappa shape index (κ3) is 3.87. The zero-order valence-corrected chi connectivity index (χ0v) is 13.2. The fraction of sp³-hybridized carbons (Fsp3) is 0.333. The molecule has 1 saturated heterocycles. The van der Waals surface area contributed by atoms with Crippen molar-refractivity contribution in [2.45, 2.75) is 18.9 Å². The van der Waals surface area contributed by atoms with Gasteiger partial charge in [-0.1, -0.05) is 12.1 Å². The first-order valence-electron chi connectivity index (χ1n) is 7.89. The normalized spacial score (nSPS) is 17.9. The minimum atomic E-state index is -0.107. The Balaban J connectivity index is 1.68. The van der Waals surface area contributed by atoms with Crippen LogP contribution in [0.5, 0.6) is 11.5 Å². The molecule has 1 aliphatic heterocycles. The van der Waals surface area contributed by atoms with Crippen molar-refractivity contribution >= 4 is 5.91 Å². The molecule has 0 radical (unpaired) electrons. The SMILES string of the molecule is CN1CCC[C@H]1CNC(=O)c1ccccc1Oc1cccnc1. The summed E-state index contributed by atoms with van der Waals surface area (Å²) < 4.78 is 5.79. The molecule has 1 aromatic heterocycles. The van der Waals surface area contributed by atoms with Gasteiger partial charge in [-0.2, -0.15) is 0 Å². The van der Waals surface area contributed by atoms with Gasteiger partial charge < -0.3 is 15.0 Å². The number of likely N-dealkylation sites (tertiary alicyclic amines) is 1. The third-order valence-corrected chi connectivity index (χ3v) is 4.16. The summed E-state index contributed by atoms with van der Waals surface area (Å²) in [6, 6.07) is 11.3. The average molecular weight is 311 g/mol. The summed E-state index contributed by atoms with van der Waals surface area (Å²) in [6.07, 6.45) is 5.63. The van der Waals surface area contributed by atoms with E-state index >= 15 is 0 Å². The number of aromatic nitrogens is 1. The monoisotopic (exact) mass is 311 g/mol. The van der Waals surface area contributed by atoms with Crippen LogP contribution in [0.4, 0.5) is 0 Å². The lowest BCUT2D eigenvalue weighted by Gasteiger charge is -2.20. The Bertz CT molecular complexity index is 660. The second-order valence-electron chi connectivity index (χ2n) is 5.77. The smallest absolute Gasteiger partial charge is 0.255 e. The lowest BCUT2D eigenvalue weighted by atomic mass is 10.1. The van der Waals surface area contributed by atoms with E-state index in [1.165, 1.54) is 6.42 Å². The molecule has 1 aliphatic rings. The number of carbonyl (C=O) groups excluding carboxylic acids is 1. The second-order valence-corrected chi connectivity index (χ2v) is 5.77. The number of nitrogens with zero attached hydrogens (tertiary/aromatic N) is 2. The van der Waals surface area contributed by atoms with E-state index in [1.807, 2.05) is 18.2 Å². The lowest BCUT2D eigenvalue weighted by Crippen LogP contribution is -2.38. The molecule has 0 saturated carbocycles. The molecular formula is C18H21N3O2. The van der Waals surface area contributed by atoms with E-state index in [0.717, 1.165) is 13.0 Å². The van der Waals surface area contributed by atoms with Gasteiger partial charge in [-0.15, -0.1) is 0 Å². The van der Waals surface area contributed by atoms with Crippen LogP contribution in [-0.4, -0.2) is 42.0 Å². The quantitative estimate of drug-likeness (QED) is 0.922. The van der Waals surface area contributed by atoms with Crippen molar-refractivity contribution in [2.24, 2.45) is 0 Å². The highest BCUT2D eigenvalue weighted by Gasteiger charge is 2.22. The predicted molar refractivity (Wildman–Crippen MR) is 88.7 cm³/mol. The topological polar surface area (TPSA) is 54.5 Å². The average Bonchev–Trinajstić information content (AvgIpc) is 2.99. The van der Waals surface area contributed by atoms with Crippen LogP contribution >= 0.6 is 0 Å². The molecule has 1 amide bonds. The molecule has 5 nitrogen and oxygen atoms in total. The van der Waals surface area contributed by atoms with E-state index in [9.17, 15) is 4.79 Å². The largest absolute Gasteiger partial charge is 0.455 e. The second kappa shape index (κ2) is 7.24. The molecule has 3 rings (SSSR count). The summed E-state index contributed by atoms with van der Waals surface area (Å²) in [5.41, 5.74) is 0.539. The number of amides is 1. The van der Waals surface area contributed by atoms with E-state index < -0.39 is 0 Å². The minimum absolute atomic E-state index is 0.107. The van der Waals surface area contributed by atoms with Gasteiger partial charge in [0, 0.05) is 18.8 Å². The number of pyridine rings is 1. The number of rotatable bonds is 5. The number of hydrogen-bond donors (Lipinski definition) is 1. The highest BCUT2D eigenvalue weighted by atomic mass is 16.5. The Hall–Kier alpha value is -2.40. The Morgan fingerprint density at radius 3 is 2.96 bits per heavy atom. The van der Waals surface area contributed by atoms with Gasteiger partial charge in [0.2, 0.25) is 0 Å². The maximum Gasteiger partial charge on any atom is 0.255 e. The molecule has 2 heterocycles. The fourth-order valence-corrected chi connectivity index (χ4v) is 2.82. The number of para-hydroxylation sites is 1. The van der Waals surface area contributed by atoms with Crippen molar-refractivity contribution in [3.05, 3.63) is 54.4 Å². The van der Waals surface area contributed by atoms with E-state index in [4.69, 9.17) is 4.74 Å². The predicted octanol–water partition coefficient (Wildman–Crippen LogP) is 2.70. The van der Waals surface area contributed by atoms with Crippen LogP contribution in [-0.2, 0) is 0 Å². The molecule has 1 aromatic carbocycles. The number of hydrogen-bond acceptors (Lipinski definition) is 4. The highest BCUT2D eigenvalue weighted by molar-refractivity contribution is 5.97. The summed E-state index contributed by atoms with van der Waals surface area (Å²) in [7, 11) is 2.10. The number of carbonyl (C=O) groups is 1. The Labute approximate surface area is 136 Å². The molecule has 0 unspecified atom stereocenters.